The summed E-state index contributed by atoms with van der Waals surface area (Å²) in [7, 11) is 1.58. The Morgan fingerprint density at radius 2 is 2.27 bits per heavy atom. The zero-order chi connectivity index (χ0) is 11.0. The monoisotopic (exact) mass is 206 g/mol. The molecule has 0 saturated heterocycles. The van der Waals surface area contributed by atoms with E-state index in [9.17, 15) is 9.90 Å². The van der Waals surface area contributed by atoms with Gasteiger partial charge in [0.05, 0.1) is 19.1 Å². The first-order chi connectivity index (χ1) is 7.13. The van der Waals surface area contributed by atoms with Gasteiger partial charge in [-0.3, -0.25) is 4.79 Å². The van der Waals surface area contributed by atoms with Crippen LogP contribution in [0.2, 0.25) is 0 Å². The van der Waals surface area contributed by atoms with E-state index in [0.717, 1.165) is 5.56 Å². The molecule has 0 heterocycles. The summed E-state index contributed by atoms with van der Waals surface area (Å²) in [5.41, 5.74) is 1.70. The predicted octanol–water partition coefficient (Wildman–Crippen LogP) is 1.43. The Kier molecular flexibility index (Phi) is 2.49. The lowest BCUT2D eigenvalue weighted by Crippen LogP contribution is -2.22. The van der Waals surface area contributed by atoms with E-state index in [4.69, 9.17) is 4.74 Å². The van der Waals surface area contributed by atoms with Crippen molar-refractivity contribution in [2.24, 2.45) is 5.92 Å². The molecule has 0 fully saturated rings. The van der Waals surface area contributed by atoms with Crippen LogP contribution in [-0.4, -0.2) is 24.1 Å². The van der Waals surface area contributed by atoms with Gasteiger partial charge in [-0.05, 0) is 31.0 Å². The molecule has 0 aromatic heterocycles. The van der Waals surface area contributed by atoms with Crippen molar-refractivity contribution in [1.29, 1.82) is 0 Å². The van der Waals surface area contributed by atoms with E-state index in [1.165, 1.54) is 0 Å². The number of Topliss-reactive ketones (excluding diaryl/α,β-unsaturated/α-hetero) is 1. The minimum Gasteiger partial charge on any atom is -0.497 e. The second-order valence-corrected chi connectivity index (χ2v) is 3.94. The van der Waals surface area contributed by atoms with Gasteiger partial charge in [0, 0.05) is 5.56 Å². The normalized spacial score (nSPS) is 21.3. The number of rotatable bonds is 2. The molecule has 3 heteroatoms. The summed E-state index contributed by atoms with van der Waals surface area (Å²) in [5.74, 6) is 0.430. The number of carbonyl (C=O) groups excluding carboxylic acids is 1. The summed E-state index contributed by atoms with van der Waals surface area (Å²) >= 11 is 0. The quantitative estimate of drug-likeness (QED) is 0.796. The lowest BCUT2D eigenvalue weighted by Gasteiger charge is -2.09. The van der Waals surface area contributed by atoms with Gasteiger partial charge in [-0.1, -0.05) is 6.07 Å². The lowest BCUT2D eigenvalue weighted by molar-refractivity contribution is 0.0758. The molecule has 0 bridgehead atoms. The molecule has 0 saturated carbocycles. The number of aliphatic hydroxyl groups excluding tert-OH is 1. The van der Waals surface area contributed by atoms with Crippen molar-refractivity contribution in [2.75, 3.05) is 7.11 Å². The van der Waals surface area contributed by atoms with Crippen LogP contribution in [0.25, 0.3) is 0 Å². The number of benzene rings is 1. The molecule has 3 nitrogen and oxygen atoms in total. The standard InChI is InChI=1S/C12H14O3/c1-7(13)10-5-8-3-4-9(15-2)6-11(8)12(10)14/h3-4,6-7,10,13H,5H2,1-2H3. The number of aliphatic hydroxyl groups is 1. The summed E-state index contributed by atoms with van der Waals surface area (Å²) in [6.45, 7) is 1.66. The fourth-order valence-corrected chi connectivity index (χ4v) is 2.01. The van der Waals surface area contributed by atoms with Gasteiger partial charge < -0.3 is 9.84 Å². The van der Waals surface area contributed by atoms with Crippen LogP contribution in [0.4, 0.5) is 0 Å². The maximum absolute atomic E-state index is 11.9. The molecule has 0 amide bonds. The molecule has 1 aliphatic carbocycles. The van der Waals surface area contributed by atoms with Gasteiger partial charge in [-0.25, -0.2) is 0 Å². The predicted molar refractivity (Wildman–Crippen MR) is 56.2 cm³/mol. The summed E-state index contributed by atoms with van der Waals surface area (Å²) in [6, 6.07) is 5.49. The fraction of sp³-hybridized carbons (Fsp3) is 0.417. The van der Waals surface area contributed by atoms with E-state index in [1.54, 1.807) is 20.1 Å². The molecular weight excluding hydrogens is 192 g/mol. The highest BCUT2D eigenvalue weighted by Gasteiger charge is 2.33. The van der Waals surface area contributed by atoms with Crippen molar-refractivity contribution in [1.82, 2.24) is 0 Å². The van der Waals surface area contributed by atoms with E-state index in [1.807, 2.05) is 12.1 Å². The SMILES string of the molecule is COc1ccc2c(c1)C(=O)C(C(C)O)C2. The number of ether oxygens (including phenoxy) is 1. The molecule has 1 aromatic carbocycles. The van der Waals surface area contributed by atoms with Crippen LogP contribution in [0.5, 0.6) is 5.75 Å². The van der Waals surface area contributed by atoms with Crippen LogP contribution < -0.4 is 4.74 Å². The molecular formula is C12H14O3. The topological polar surface area (TPSA) is 46.5 Å². The van der Waals surface area contributed by atoms with Gasteiger partial charge in [0.2, 0.25) is 0 Å². The second-order valence-electron chi connectivity index (χ2n) is 3.94. The third-order valence-corrected chi connectivity index (χ3v) is 2.94. The molecule has 2 atom stereocenters. The molecule has 80 valence electrons. The zero-order valence-corrected chi connectivity index (χ0v) is 8.86. The highest BCUT2D eigenvalue weighted by Crippen LogP contribution is 2.31. The number of hydrogen-bond acceptors (Lipinski definition) is 3. The highest BCUT2D eigenvalue weighted by molar-refractivity contribution is 6.02. The number of hydrogen-bond donors (Lipinski definition) is 1. The number of fused-ring (bicyclic) bond motifs is 1. The minimum atomic E-state index is -0.587. The van der Waals surface area contributed by atoms with Crippen molar-refractivity contribution >= 4 is 5.78 Å². The molecule has 0 aliphatic heterocycles. The van der Waals surface area contributed by atoms with Gasteiger partial charge in [0.15, 0.2) is 5.78 Å². The molecule has 0 radical (unpaired) electrons. The van der Waals surface area contributed by atoms with Gasteiger partial charge in [-0.15, -0.1) is 0 Å². The molecule has 2 unspecified atom stereocenters. The Morgan fingerprint density at radius 3 is 2.87 bits per heavy atom. The van der Waals surface area contributed by atoms with E-state index >= 15 is 0 Å². The van der Waals surface area contributed by atoms with Crippen LogP contribution in [0.3, 0.4) is 0 Å². The Balaban J connectivity index is 2.38. The molecule has 2 rings (SSSR count). The summed E-state index contributed by atoms with van der Waals surface area (Å²) < 4.78 is 5.07. The van der Waals surface area contributed by atoms with Crippen molar-refractivity contribution in [3.05, 3.63) is 29.3 Å². The maximum Gasteiger partial charge on any atom is 0.169 e. The number of ketones is 1. The number of methoxy groups -OCH3 is 1. The average molecular weight is 206 g/mol. The van der Waals surface area contributed by atoms with Crippen molar-refractivity contribution in [3.8, 4) is 5.75 Å². The maximum atomic E-state index is 11.9. The van der Waals surface area contributed by atoms with E-state index in [-0.39, 0.29) is 11.7 Å². The molecule has 0 spiro atoms. The van der Waals surface area contributed by atoms with Gasteiger partial charge in [0.25, 0.3) is 0 Å². The van der Waals surface area contributed by atoms with Crippen LogP contribution in [0.15, 0.2) is 18.2 Å². The summed E-state index contributed by atoms with van der Waals surface area (Å²) in [6.07, 6.45) is 0.0476. The minimum absolute atomic E-state index is 0.0268. The van der Waals surface area contributed by atoms with Crippen molar-refractivity contribution in [2.45, 2.75) is 19.4 Å². The molecule has 1 N–H and O–H groups in total. The Hall–Kier alpha value is -1.35. The first-order valence-corrected chi connectivity index (χ1v) is 5.02. The second kappa shape index (κ2) is 3.66. The van der Waals surface area contributed by atoms with Gasteiger partial charge in [-0.2, -0.15) is 0 Å². The van der Waals surface area contributed by atoms with Crippen LogP contribution in [0.1, 0.15) is 22.8 Å². The zero-order valence-electron chi connectivity index (χ0n) is 8.86. The first kappa shape index (κ1) is 10.2. The van der Waals surface area contributed by atoms with Crippen LogP contribution >= 0.6 is 0 Å². The number of carbonyl (C=O) groups is 1. The third-order valence-electron chi connectivity index (χ3n) is 2.94. The van der Waals surface area contributed by atoms with Crippen molar-refractivity contribution in [3.63, 3.8) is 0 Å². The average Bonchev–Trinajstić information content (AvgIpc) is 2.56. The third kappa shape index (κ3) is 1.63. The van der Waals surface area contributed by atoms with Crippen molar-refractivity contribution < 1.29 is 14.6 Å². The lowest BCUT2D eigenvalue weighted by atomic mass is 10.00. The van der Waals surface area contributed by atoms with E-state index < -0.39 is 6.10 Å². The van der Waals surface area contributed by atoms with E-state index in [0.29, 0.717) is 17.7 Å². The van der Waals surface area contributed by atoms with Gasteiger partial charge >= 0.3 is 0 Å². The smallest absolute Gasteiger partial charge is 0.169 e. The Morgan fingerprint density at radius 1 is 1.53 bits per heavy atom. The molecule has 15 heavy (non-hydrogen) atoms. The molecule has 1 aromatic rings. The van der Waals surface area contributed by atoms with E-state index in [2.05, 4.69) is 0 Å². The largest absolute Gasteiger partial charge is 0.497 e. The highest BCUT2D eigenvalue weighted by atomic mass is 16.5. The Bertz CT molecular complexity index is 396. The van der Waals surface area contributed by atoms with Gasteiger partial charge in [0.1, 0.15) is 5.75 Å². The van der Waals surface area contributed by atoms with Crippen LogP contribution in [-0.2, 0) is 6.42 Å². The van der Waals surface area contributed by atoms with Crippen LogP contribution in [0, 0.1) is 5.92 Å². The first-order valence-electron chi connectivity index (χ1n) is 5.02. The molecule has 1 aliphatic rings. The fourth-order valence-electron chi connectivity index (χ4n) is 2.01. The summed E-state index contributed by atoms with van der Waals surface area (Å²) in [5, 5.41) is 9.47. The summed E-state index contributed by atoms with van der Waals surface area (Å²) in [4.78, 5) is 11.9. The Labute approximate surface area is 88.7 Å².